The predicted octanol–water partition coefficient (Wildman–Crippen LogP) is 4.39. The second-order valence-electron chi connectivity index (χ2n) is 6.84. The standard InChI is InChI=1S/C23H20Cl2N2O6/c1-3-31-19(28)12-32-18-9-8-16(20(24)21(18)25)22(29)15-6-4-14(5-7-15)10-26-23(30)17-11-27-33-13(17)2/h4-9,11H,3,10,12H2,1-2H3,(H,26,30). The van der Waals surface area contributed by atoms with E-state index in [0.29, 0.717) is 16.9 Å². The Bertz CT molecular complexity index is 1170. The van der Waals surface area contributed by atoms with Crippen LogP contribution in [0.15, 0.2) is 47.1 Å². The van der Waals surface area contributed by atoms with E-state index in [1.165, 1.54) is 18.3 Å². The van der Waals surface area contributed by atoms with E-state index >= 15 is 0 Å². The van der Waals surface area contributed by atoms with Crippen LogP contribution in [0.4, 0.5) is 0 Å². The van der Waals surface area contributed by atoms with E-state index in [-0.39, 0.29) is 52.8 Å². The highest BCUT2D eigenvalue weighted by atomic mass is 35.5. The van der Waals surface area contributed by atoms with Gasteiger partial charge >= 0.3 is 5.97 Å². The Balaban J connectivity index is 1.65. The van der Waals surface area contributed by atoms with Crippen molar-refractivity contribution in [3.63, 3.8) is 0 Å². The zero-order valence-corrected chi connectivity index (χ0v) is 19.3. The summed E-state index contributed by atoms with van der Waals surface area (Å²) in [5, 5.41) is 6.38. The number of nitrogens with one attached hydrogen (secondary N) is 1. The molecule has 8 nitrogen and oxygen atoms in total. The third kappa shape index (κ3) is 5.91. The summed E-state index contributed by atoms with van der Waals surface area (Å²) < 4.78 is 15.0. The number of benzene rings is 2. The van der Waals surface area contributed by atoms with Crippen LogP contribution in [0.5, 0.6) is 5.75 Å². The van der Waals surface area contributed by atoms with E-state index in [1.54, 1.807) is 38.1 Å². The predicted molar refractivity (Wildman–Crippen MR) is 121 cm³/mol. The Hall–Kier alpha value is -3.36. The number of ether oxygens (including phenoxy) is 2. The molecule has 0 fully saturated rings. The van der Waals surface area contributed by atoms with Crippen molar-refractivity contribution in [1.29, 1.82) is 0 Å². The zero-order chi connectivity index (χ0) is 24.0. The van der Waals surface area contributed by atoms with Crippen molar-refractivity contribution < 1.29 is 28.4 Å². The van der Waals surface area contributed by atoms with Crippen LogP contribution >= 0.6 is 23.2 Å². The summed E-state index contributed by atoms with van der Waals surface area (Å²) in [5.41, 5.74) is 1.73. The zero-order valence-electron chi connectivity index (χ0n) is 17.8. The third-order valence-corrected chi connectivity index (χ3v) is 5.47. The fourth-order valence-electron chi connectivity index (χ4n) is 2.88. The maximum atomic E-state index is 12.9. The Morgan fingerprint density at radius 3 is 2.39 bits per heavy atom. The van der Waals surface area contributed by atoms with E-state index in [2.05, 4.69) is 10.5 Å². The first-order valence-corrected chi connectivity index (χ1v) is 10.7. The average molecular weight is 491 g/mol. The molecule has 0 aliphatic heterocycles. The van der Waals surface area contributed by atoms with Gasteiger partial charge in [-0.3, -0.25) is 9.59 Å². The Kier molecular flexibility index (Phi) is 8.08. The van der Waals surface area contributed by atoms with Crippen LogP contribution in [0.25, 0.3) is 0 Å². The lowest BCUT2D eigenvalue weighted by Gasteiger charge is -2.11. The lowest BCUT2D eigenvalue weighted by Crippen LogP contribution is -2.23. The van der Waals surface area contributed by atoms with Gasteiger partial charge < -0.3 is 19.3 Å². The van der Waals surface area contributed by atoms with Gasteiger partial charge in [-0.05, 0) is 31.5 Å². The molecule has 0 atom stereocenters. The Morgan fingerprint density at radius 1 is 1.03 bits per heavy atom. The van der Waals surface area contributed by atoms with E-state index in [4.69, 9.17) is 37.2 Å². The average Bonchev–Trinajstić information content (AvgIpc) is 3.24. The molecular formula is C23H20Cl2N2O6. The molecule has 0 saturated carbocycles. The number of aryl methyl sites for hydroxylation is 1. The van der Waals surface area contributed by atoms with Gasteiger partial charge in [-0.25, -0.2) is 4.79 Å². The van der Waals surface area contributed by atoms with E-state index in [0.717, 1.165) is 5.56 Å². The van der Waals surface area contributed by atoms with Crippen molar-refractivity contribution in [2.24, 2.45) is 0 Å². The summed E-state index contributed by atoms with van der Waals surface area (Å²) in [6, 6.07) is 9.65. The maximum Gasteiger partial charge on any atom is 0.344 e. The van der Waals surface area contributed by atoms with Gasteiger partial charge in [0.15, 0.2) is 12.4 Å². The lowest BCUT2D eigenvalue weighted by molar-refractivity contribution is -0.145. The fraction of sp³-hybridized carbons (Fsp3) is 0.217. The van der Waals surface area contributed by atoms with Crippen molar-refractivity contribution in [3.05, 3.63) is 80.7 Å². The molecule has 3 rings (SSSR count). The fourth-order valence-corrected chi connectivity index (χ4v) is 3.34. The van der Waals surface area contributed by atoms with Gasteiger partial charge in [0.05, 0.1) is 17.8 Å². The first-order chi connectivity index (χ1) is 15.8. The van der Waals surface area contributed by atoms with E-state index in [1.807, 2.05) is 0 Å². The molecule has 0 saturated heterocycles. The summed E-state index contributed by atoms with van der Waals surface area (Å²) in [4.78, 5) is 36.5. The minimum absolute atomic E-state index is 0.0171. The summed E-state index contributed by atoms with van der Waals surface area (Å²) >= 11 is 12.5. The van der Waals surface area contributed by atoms with Gasteiger partial charge in [-0.1, -0.05) is 52.6 Å². The monoisotopic (exact) mass is 490 g/mol. The highest BCUT2D eigenvalue weighted by Gasteiger charge is 2.19. The number of halogens is 2. The first-order valence-electron chi connectivity index (χ1n) is 9.91. The number of aromatic nitrogens is 1. The highest BCUT2D eigenvalue weighted by Crippen LogP contribution is 2.35. The van der Waals surface area contributed by atoms with Crippen LogP contribution in [-0.2, 0) is 16.1 Å². The van der Waals surface area contributed by atoms with Gasteiger partial charge in [0, 0.05) is 17.7 Å². The smallest absolute Gasteiger partial charge is 0.344 e. The second kappa shape index (κ2) is 11.0. The van der Waals surface area contributed by atoms with E-state index < -0.39 is 5.97 Å². The normalized spacial score (nSPS) is 10.5. The van der Waals surface area contributed by atoms with Crippen LogP contribution in [0, 0.1) is 6.92 Å². The molecule has 0 spiro atoms. The van der Waals surface area contributed by atoms with Gasteiger partial charge in [-0.15, -0.1) is 0 Å². The molecule has 0 aliphatic carbocycles. The number of esters is 1. The van der Waals surface area contributed by atoms with Crippen LogP contribution in [0.1, 0.15) is 44.5 Å². The summed E-state index contributed by atoms with van der Waals surface area (Å²) in [7, 11) is 0. The van der Waals surface area contributed by atoms with Gasteiger partial charge in [0.2, 0.25) is 0 Å². The molecule has 0 unspecified atom stereocenters. The van der Waals surface area contributed by atoms with Gasteiger partial charge in [-0.2, -0.15) is 0 Å². The number of rotatable bonds is 9. The molecular weight excluding hydrogens is 471 g/mol. The SMILES string of the molecule is CCOC(=O)COc1ccc(C(=O)c2ccc(CNC(=O)c3cnoc3C)cc2)c(Cl)c1Cl. The lowest BCUT2D eigenvalue weighted by atomic mass is 10.0. The molecule has 2 aromatic carbocycles. The molecule has 1 amide bonds. The Morgan fingerprint density at radius 2 is 1.76 bits per heavy atom. The second-order valence-corrected chi connectivity index (χ2v) is 7.59. The minimum Gasteiger partial charge on any atom is -0.480 e. The molecule has 0 bridgehead atoms. The molecule has 33 heavy (non-hydrogen) atoms. The van der Waals surface area contributed by atoms with E-state index in [9.17, 15) is 14.4 Å². The quantitative estimate of drug-likeness (QED) is 0.349. The molecule has 10 heteroatoms. The van der Waals surface area contributed by atoms with Crippen LogP contribution in [0.3, 0.4) is 0 Å². The topological polar surface area (TPSA) is 108 Å². The molecule has 0 radical (unpaired) electrons. The number of amides is 1. The summed E-state index contributed by atoms with van der Waals surface area (Å²) in [6.45, 7) is 3.50. The number of ketones is 1. The Labute approximate surface area is 199 Å². The van der Waals surface area contributed by atoms with Crippen molar-refractivity contribution in [2.75, 3.05) is 13.2 Å². The van der Waals surface area contributed by atoms with Crippen LogP contribution < -0.4 is 10.1 Å². The van der Waals surface area contributed by atoms with Crippen molar-refractivity contribution >= 4 is 40.9 Å². The highest BCUT2D eigenvalue weighted by molar-refractivity contribution is 6.45. The number of nitrogens with zero attached hydrogens (tertiary/aromatic N) is 1. The number of hydrogen-bond acceptors (Lipinski definition) is 7. The van der Waals surface area contributed by atoms with Gasteiger partial charge in [0.25, 0.3) is 5.91 Å². The molecule has 172 valence electrons. The van der Waals surface area contributed by atoms with Crippen LogP contribution in [0.2, 0.25) is 10.0 Å². The van der Waals surface area contributed by atoms with Crippen LogP contribution in [-0.4, -0.2) is 36.0 Å². The molecule has 1 N–H and O–H groups in total. The summed E-state index contributed by atoms with van der Waals surface area (Å²) in [5.74, 6) is -0.588. The number of hydrogen-bond donors (Lipinski definition) is 1. The minimum atomic E-state index is -0.544. The molecule has 1 aromatic heterocycles. The van der Waals surface area contributed by atoms with Crippen molar-refractivity contribution in [1.82, 2.24) is 10.5 Å². The maximum absolute atomic E-state index is 12.9. The summed E-state index contributed by atoms with van der Waals surface area (Å²) in [6.07, 6.45) is 1.36. The first kappa shape index (κ1) is 24.3. The number of carbonyl (C=O) groups is 3. The third-order valence-electron chi connectivity index (χ3n) is 4.61. The molecule has 1 heterocycles. The number of carbonyl (C=O) groups excluding carboxylic acids is 3. The molecule has 3 aromatic rings. The van der Waals surface area contributed by atoms with Crippen molar-refractivity contribution in [3.8, 4) is 5.75 Å². The molecule has 0 aliphatic rings. The van der Waals surface area contributed by atoms with Gasteiger partial charge in [0.1, 0.15) is 22.1 Å². The largest absolute Gasteiger partial charge is 0.480 e. The van der Waals surface area contributed by atoms with Crippen molar-refractivity contribution in [2.45, 2.75) is 20.4 Å².